The van der Waals surface area contributed by atoms with Crippen molar-refractivity contribution < 1.29 is 19.2 Å². The summed E-state index contributed by atoms with van der Waals surface area (Å²) in [6.07, 6.45) is 29.9. The van der Waals surface area contributed by atoms with Gasteiger partial charge in [-0.3, -0.25) is 29.0 Å². The van der Waals surface area contributed by atoms with Crippen LogP contribution in [-0.2, 0) is 19.2 Å². The molecule has 6 heteroatoms. The molecule has 0 aromatic carbocycles. The van der Waals surface area contributed by atoms with E-state index in [0.717, 1.165) is 32.1 Å². The maximum absolute atomic E-state index is 11.4. The lowest BCUT2D eigenvalue weighted by molar-refractivity contribution is -0.141. The SMILES string of the molecule is CCCCCCCCCCCCCCCCCCN1C(=O)C=CC1=O.O=C1C=CC(=O)N1C1CCC1. The normalized spacial score (nSPS) is 17.2. The topological polar surface area (TPSA) is 74.8 Å². The molecule has 1 saturated carbocycles. The first-order chi connectivity index (χ1) is 17.5. The minimum absolute atomic E-state index is 0.139. The predicted octanol–water partition coefficient (Wildman–Crippen LogP) is 6.64. The van der Waals surface area contributed by atoms with Gasteiger partial charge in [0, 0.05) is 36.9 Å². The number of hydrogen-bond acceptors (Lipinski definition) is 4. The van der Waals surface area contributed by atoms with Crippen molar-refractivity contribution in [2.24, 2.45) is 0 Å². The Balaban J connectivity index is 0.000000340. The molecule has 36 heavy (non-hydrogen) atoms. The fourth-order valence-corrected chi connectivity index (χ4v) is 4.89. The van der Waals surface area contributed by atoms with Gasteiger partial charge in [-0.15, -0.1) is 0 Å². The van der Waals surface area contributed by atoms with E-state index in [2.05, 4.69) is 6.92 Å². The number of rotatable bonds is 18. The van der Waals surface area contributed by atoms with Crippen LogP contribution in [-0.4, -0.2) is 46.0 Å². The molecule has 0 saturated heterocycles. The Hall–Kier alpha value is -2.24. The fourth-order valence-electron chi connectivity index (χ4n) is 4.89. The molecule has 4 amide bonds. The number of amides is 4. The minimum atomic E-state index is -0.147. The number of imide groups is 2. The summed E-state index contributed by atoms with van der Waals surface area (Å²) in [6, 6.07) is 0.199. The summed E-state index contributed by atoms with van der Waals surface area (Å²) in [5, 5.41) is 0. The molecule has 0 N–H and O–H groups in total. The highest BCUT2D eigenvalue weighted by atomic mass is 16.2. The third-order valence-electron chi connectivity index (χ3n) is 7.42. The summed E-state index contributed by atoms with van der Waals surface area (Å²) >= 11 is 0. The summed E-state index contributed by atoms with van der Waals surface area (Å²) in [5.41, 5.74) is 0. The number of hydrogen-bond donors (Lipinski definition) is 0. The second-order valence-corrected chi connectivity index (χ2v) is 10.4. The van der Waals surface area contributed by atoms with Gasteiger partial charge >= 0.3 is 0 Å². The lowest BCUT2D eigenvalue weighted by Crippen LogP contribution is -2.43. The van der Waals surface area contributed by atoms with E-state index in [1.54, 1.807) is 0 Å². The summed E-state index contributed by atoms with van der Waals surface area (Å²) in [4.78, 5) is 47.6. The van der Waals surface area contributed by atoms with Gasteiger partial charge in [0.25, 0.3) is 23.6 Å². The van der Waals surface area contributed by atoms with Crippen molar-refractivity contribution in [1.82, 2.24) is 9.80 Å². The van der Waals surface area contributed by atoms with E-state index in [9.17, 15) is 19.2 Å². The van der Waals surface area contributed by atoms with E-state index in [1.165, 1.54) is 124 Å². The van der Waals surface area contributed by atoms with Gasteiger partial charge in [0.05, 0.1) is 0 Å². The fraction of sp³-hybridized carbons (Fsp3) is 0.733. The van der Waals surface area contributed by atoms with Gasteiger partial charge in [0.2, 0.25) is 0 Å². The highest BCUT2D eigenvalue weighted by Gasteiger charge is 2.34. The van der Waals surface area contributed by atoms with E-state index >= 15 is 0 Å². The van der Waals surface area contributed by atoms with E-state index in [4.69, 9.17) is 0 Å². The van der Waals surface area contributed by atoms with Gasteiger partial charge in [0.15, 0.2) is 0 Å². The highest BCUT2D eigenvalue weighted by Crippen LogP contribution is 2.26. The summed E-state index contributed by atoms with van der Waals surface area (Å²) in [7, 11) is 0. The molecule has 6 nitrogen and oxygen atoms in total. The Morgan fingerprint density at radius 3 is 1.28 bits per heavy atom. The first-order valence-corrected chi connectivity index (χ1v) is 14.6. The van der Waals surface area contributed by atoms with E-state index in [1.807, 2.05) is 0 Å². The van der Waals surface area contributed by atoms with Crippen LogP contribution in [0.3, 0.4) is 0 Å². The Labute approximate surface area is 218 Å². The largest absolute Gasteiger partial charge is 0.275 e. The molecule has 3 rings (SSSR count). The summed E-state index contributed by atoms with van der Waals surface area (Å²) < 4.78 is 0. The van der Waals surface area contributed by atoms with E-state index < -0.39 is 0 Å². The van der Waals surface area contributed by atoms with Crippen molar-refractivity contribution in [2.45, 2.75) is 135 Å². The van der Waals surface area contributed by atoms with Crippen LogP contribution in [0.5, 0.6) is 0 Å². The summed E-state index contributed by atoms with van der Waals surface area (Å²) in [6.45, 7) is 2.86. The van der Waals surface area contributed by atoms with Gasteiger partial charge in [0.1, 0.15) is 0 Å². The van der Waals surface area contributed by atoms with Crippen LogP contribution in [0.15, 0.2) is 24.3 Å². The molecule has 0 radical (unpaired) electrons. The molecule has 1 fully saturated rings. The lowest BCUT2D eigenvalue weighted by Gasteiger charge is -2.32. The van der Waals surface area contributed by atoms with Crippen LogP contribution in [0.2, 0.25) is 0 Å². The van der Waals surface area contributed by atoms with Gasteiger partial charge in [-0.2, -0.15) is 0 Å². The minimum Gasteiger partial charge on any atom is -0.275 e. The molecule has 0 aromatic heterocycles. The van der Waals surface area contributed by atoms with Crippen LogP contribution in [0, 0.1) is 0 Å². The van der Waals surface area contributed by atoms with Crippen LogP contribution in [0.25, 0.3) is 0 Å². The van der Waals surface area contributed by atoms with Gasteiger partial charge < -0.3 is 0 Å². The molecule has 2 heterocycles. The zero-order valence-electron chi connectivity index (χ0n) is 22.6. The first kappa shape index (κ1) is 30.0. The van der Waals surface area contributed by atoms with Crippen LogP contribution < -0.4 is 0 Å². The number of carbonyl (C=O) groups is 4. The molecule has 1 aliphatic carbocycles. The molecule has 0 spiro atoms. The van der Waals surface area contributed by atoms with Crippen molar-refractivity contribution in [2.75, 3.05) is 6.54 Å². The molecule has 2 aliphatic heterocycles. The molecular formula is C30H48N2O4. The number of nitrogens with zero attached hydrogens (tertiary/aromatic N) is 2. The third-order valence-corrected chi connectivity index (χ3v) is 7.42. The number of unbranched alkanes of at least 4 members (excludes halogenated alkanes) is 15. The van der Waals surface area contributed by atoms with Gasteiger partial charge in [-0.05, 0) is 25.7 Å². The second-order valence-electron chi connectivity index (χ2n) is 10.4. The number of carbonyl (C=O) groups excluding carboxylic acids is 4. The Kier molecular flexibility index (Phi) is 15.1. The second kappa shape index (κ2) is 18.1. The van der Waals surface area contributed by atoms with E-state index in [-0.39, 0.29) is 29.7 Å². The maximum atomic E-state index is 11.4. The predicted molar refractivity (Wildman–Crippen MR) is 144 cm³/mol. The van der Waals surface area contributed by atoms with Crippen LogP contribution in [0.4, 0.5) is 0 Å². The highest BCUT2D eigenvalue weighted by molar-refractivity contribution is 6.13. The van der Waals surface area contributed by atoms with Crippen molar-refractivity contribution in [3.8, 4) is 0 Å². The van der Waals surface area contributed by atoms with Crippen molar-refractivity contribution in [1.29, 1.82) is 0 Å². The standard InChI is InChI=1S/C22H39NO2.C8H9NO2/c1-2-3-4-5-6-7-8-9-10-11-12-13-14-15-16-17-20-23-21(24)18-19-22(23)25;10-7-4-5-8(11)9(7)6-2-1-3-6/h18-19H,2-17,20H2,1H3;4-6H,1-3H2. The Bertz CT molecular complexity index is 718. The zero-order chi connectivity index (χ0) is 26.0. The molecule has 0 unspecified atom stereocenters. The monoisotopic (exact) mass is 500 g/mol. The lowest BCUT2D eigenvalue weighted by atomic mass is 9.92. The van der Waals surface area contributed by atoms with Crippen LogP contribution in [0.1, 0.15) is 129 Å². The molecular weight excluding hydrogens is 452 g/mol. The quantitative estimate of drug-likeness (QED) is 0.156. The molecule has 0 aromatic rings. The van der Waals surface area contributed by atoms with Crippen LogP contribution >= 0.6 is 0 Å². The van der Waals surface area contributed by atoms with Gasteiger partial charge in [-0.25, -0.2) is 0 Å². The molecule has 0 atom stereocenters. The smallest absolute Gasteiger partial charge is 0.253 e. The average Bonchev–Trinajstić information content (AvgIpc) is 3.33. The molecule has 3 aliphatic rings. The Morgan fingerprint density at radius 2 is 0.917 bits per heavy atom. The van der Waals surface area contributed by atoms with Gasteiger partial charge in [-0.1, -0.05) is 103 Å². The van der Waals surface area contributed by atoms with Crippen molar-refractivity contribution in [3.63, 3.8) is 0 Å². The zero-order valence-corrected chi connectivity index (χ0v) is 22.6. The molecule has 0 bridgehead atoms. The Morgan fingerprint density at radius 1 is 0.556 bits per heavy atom. The van der Waals surface area contributed by atoms with E-state index in [0.29, 0.717) is 6.54 Å². The molecule has 202 valence electrons. The van der Waals surface area contributed by atoms with Crippen molar-refractivity contribution in [3.05, 3.63) is 24.3 Å². The summed E-state index contributed by atoms with van der Waals surface area (Å²) in [5.74, 6) is -0.573. The average molecular weight is 501 g/mol. The third kappa shape index (κ3) is 11.2. The van der Waals surface area contributed by atoms with Crippen molar-refractivity contribution >= 4 is 23.6 Å². The maximum Gasteiger partial charge on any atom is 0.253 e. The first-order valence-electron chi connectivity index (χ1n) is 14.6.